The number of benzene rings is 4. The lowest BCUT2D eigenvalue weighted by molar-refractivity contribution is 0.337. The van der Waals surface area contributed by atoms with Crippen molar-refractivity contribution in [1.82, 2.24) is 0 Å². The average molecular weight is 519 g/mol. The largest absolute Gasteiger partial charge is 0.530 e. The monoisotopic (exact) mass is 518 g/mol. The topological polar surface area (TPSA) is 18.5 Å². The zero-order valence-electron chi connectivity index (χ0n) is 22.6. The van der Waals surface area contributed by atoms with Gasteiger partial charge in [-0.3, -0.25) is 0 Å². The van der Waals surface area contributed by atoms with Gasteiger partial charge in [-0.05, 0) is 40.1 Å². The van der Waals surface area contributed by atoms with Crippen molar-refractivity contribution in [2.45, 2.75) is 39.0 Å². The maximum Gasteiger partial charge on any atom is 0.346 e. The first-order valence-electron chi connectivity index (χ1n) is 13.6. The first-order valence-corrected chi connectivity index (χ1v) is 15.5. The van der Waals surface area contributed by atoms with Crippen LogP contribution in [-0.4, -0.2) is 15.4 Å². The fourth-order valence-corrected chi connectivity index (χ4v) is 8.81. The van der Waals surface area contributed by atoms with E-state index in [0.29, 0.717) is 0 Å². The summed E-state index contributed by atoms with van der Waals surface area (Å²) >= 11 is 0. The van der Waals surface area contributed by atoms with Crippen molar-refractivity contribution < 1.29 is 9.16 Å². The van der Waals surface area contributed by atoms with E-state index < -0.39 is 8.32 Å². The van der Waals surface area contributed by atoms with E-state index in [0.717, 1.165) is 29.7 Å². The van der Waals surface area contributed by atoms with Gasteiger partial charge in [-0.15, -0.1) is 0 Å². The van der Waals surface area contributed by atoms with Crippen LogP contribution in [0.2, 0.25) is 0 Å². The molecule has 4 aromatic carbocycles. The summed E-state index contributed by atoms with van der Waals surface area (Å²) in [5, 5.41) is 3.64. The fraction of sp³-hybridized carbons (Fsp3) is 0.200. The Morgan fingerprint density at radius 1 is 0.632 bits per heavy atom. The molecule has 2 nitrogen and oxygen atoms in total. The van der Waals surface area contributed by atoms with Crippen molar-refractivity contribution in [1.29, 1.82) is 0 Å². The number of allylic oxidation sites excluding steroid dienone is 2. The smallest absolute Gasteiger partial charge is 0.346 e. The Morgan fingerprint density at radius 3 is 1.55 bits per heavy atom. The zero-order chi connectivity index (χ0) is 26.5. The van der Waals surface area contributed by atoms with Crippen LogP contribution in [0.3, 0.4) is 0 Å². The minimum absolute atomic E-state index is 0.924. The molecule has 38 heavy (non-hydrogen) atoms. The fourth-order valence-electron chi connectivity index (χ4n) is 4.91. The van der Waals surface area contributed by atoms with Gasteiger partial charge in [0.1, 0.15) is 5.76 Å². The van der Waals surface area contributed by atoms with E-state index in [-0.39, 0.29) is 0 Å². The first kappa shape index (κ1) is 27.2. The van der Waals surface area contributed by atoms with Crippen molar-refractivity contribution in [2.24, 2.45) is 0 Å². The molecular weight excluding hydrogens is 480 g/mol. The minimum Gasteiger partial charge on any atom is -0.530 e. The summed E-state index contributed by atoms with van der Waals surface area (Å²) in [4.78, 5) is 0. The molecule has 0 spiro atoms. The molecule has 0 heterocycles. The molecule has 0 aromatic heterocycles. The highest BCUT2D eigenvalue weighted by atomic mass is 28.4. The zero-order valence-corrected chi connectivity index (χ0v) is 23.6. The second-order valence-corrected chi connectivity index (χ2v) is 12.7. The second kappa shape index (κ2) is 14.2. The van der Waals surface area contributed by atoms with Gasteiger partial charge < -0.3 is 9.16 Å². The number of rotatable bonds is 13. The van der Waals surface area contributed by atoms with Gasteiger partial charge in [-0.2, -0.15) is 0 Å². The van der Waals surface area contributed by atoms with Gasteiger partial charge in [-0.1, -0.05) is 148 Å². The van der Waals surface area contributed by atoms with E-state index in [1.165, 1.54) is 34.8 Å². The highest BCUT2D eigenvalue weighted by Crippen LogP contribution is 2.29. The summed E-state index contributed by atoms with van der Waals surface area (Å²) in [5.41, 5.74) is 2.24. The quantitative estimate of drug-likeness (QED) is 0.0612. The second-order valence-electron chi connectivity index (χ2n) is 9.45. The van der Waals surface area contributed by atoms with Gasteiger partial charge >= 0.3 is 8.32 Å². The number of methoxy groups -OCH3 is 1. The molecule has 0 unspecified atom stereocenters. The van der Waals surface area contributed by atoms with Crippen molar-refractivity contribution >= 4 is 29.6 Å². The maximum absolute atomic E-state index is 7.61. The number of hydrogen-bond donors (Lipinski definition) is 0. The van der Waals surface area contributed by atoms with Crippen molar-refractivity contribution in [3.63, 3.8) is 0 Å². The molecule has 0 amide bonds. The summed E-state index contributed by atoms with van der Waals surface area (Å²) in [7, 11) is -1.26. The van der Waals surface area contributed by atoms with Crippen LogP contribution in [0, 0.1) is 0 Å². The van der Waals surface area contributed by atoms with Crippen LogP contribution >= 0.6 is 0 Å². The average Bonchev–Trinajstić information content (AvgIpc) is 3.00. The molecule has 0 radical (unpaired) electrons. The third-order valence-electron chi connectivity index (χ3n) is 6.83. The first-order chi connectivity index (χ1) is 18.8. The van der Waals surface area contributed by atoms with Crippen molar-refractivity contribution in [3.8, 4) is 0 Å². The maximum atomic E-state index is 7.61. The third kappa shape index (κ3) is 6.54. The number of hydrogen-bond acceptors (Lipinski definition) is 2. The van der Waals surface area contributed by atoms with E-state index in [2.05, 4.69) is 134 Å². The Morgan fingerprint density at radius 2 is 1.11 bits per heavy atom. The van der Waals surface area contributed by atoms with Crippen LogP contribution in [0.15, 0.2) is 139 Å². The predicted octanol–water partition coefficient (Wildman–Crippen LogP) is 7.21. The van der Waals surface area contributed by atoms with Crippen LogP contribution in [-0.2, 0) is 9.16 Å². The predicted molar refractivity (Wildman–Crippen MR) is 163 cm³/mol. The molecule has 4 aromatic rings. The Kier molecular flexibility index (Phi) is 10.2. The highest BCUT2D eigenvalue weighted by Gasteiger charge is 2.44. The molecule has 4 rings (SSSR count). The summed E-state index contributed by atoms with van der Waals surface area (Å²) in [6.07, 6.45) is 9.54. The molecule has 0 fully saturated rings. The summed E-state index contributed by atoms with van der Waals surface area (Å²) in [6, 6.07) is 42.8. The van der Waals surface area contributed by atoms with Crippen LogP contribution in [0.1, 0.15) is 44.6 Å². The van der Waals surface area contributed by atoms with Gasteiger partial charge in [0.2, 0.25) is 0 Å². The number of ether oxygens (including phenoxy) is 1. The Labute approximate surface area is 229 Å². The van der Waals surface area contributed by atoms with Gasteiger partial charge in [0.15, 0.2) is 0 Å². The lowest BCUT2D eigenvalue weighted by Crippen LogP contribution is -2.69. The van der Waals surface area contributed by atoms with E-state index in [9.17, 15) is 0 Å². The minimum atomic E-state index is -2.96. The van der Waals surface area contributed by atoms with E-state index >= 15 is 0 Å². The van der Waals surface area contributed by atoms with Gasteiger partial charge in [0.25, 0.3) is 0 Å². The standard InChI is InChI=1S/C35H38O2Si/c1-3-4-5-10-21-31(28-29-36-2)35(30-19-11-6-12-20-30)37-38(32-22-13-7-14-23-32,33-24-15-8-16-25-33)34-26-17-9-18-27-34/h6-9,11-20,22-29H,3-5,10,21H2,1-2H3/b29-28+,35-31+. The van der Waals surface area contributed by atoms with Gasteiger partial charge in [0.05, 0.1) is 13.4 Å². The van der Waals surface area contributed by atoms with Crippen molar-refractivity contribution in [2.75, 3.05) is 7.11 Å². The number of unbranched alkanes of at least 4 members (excludes halogenated alkanes) is 3. The summed E-state index contributed by atoms with van der Waals surface area (Å²) < 4.78 is 13.0. The lowest BCUT2D eigenvalue weighted by Gasteiger charge is -2.35. The van der Waals surface area contributed by atoms with Gasteiger partial charge in [0, 0.05) is 5.56 Å². The normalized spacial score (nSPS) is 12.3. The molecule has 0 saturated heterocycles. The molecular formula is C35H38O2Si. The van der Waals surface area contributed by atoms with Crippen LogP contribution < -0.4 is 15.6 Å². The van der Waals surface area contributed by atoms with Crippen LogP contribution in [0.4, 0.5) is 0 Å². The Hall–Kier alpha value is -3.82. The van der Waals surface area contributed by atoms with Gasteiger partial charge in [-0.25, -0.2) is 0 Å². The molecule has 0 N–H and O–H groups in total. The SMILES string of the molecule is CCCCCCC(/C=C/OC)=C(\O[Si](c1ccccc1)(c1ccccc1)c1ccccc1)c1ccccc1. The van der Waals surface area contributed by atoms with E-state index in [1.54, 1.807) is 13.4 Å². The Balaban J connectivity index is 1.99. The lowest BCUT2D eigenvalue weighted by atomic mass is 10.0. The van der Waals surface area contributed by atoms with Crippen molar-refractivity contribution in [3.05, 3.63) is 145 Å². The van der Waals surface area contributed by atoms with E-state index in [1.807, 2.05) is 0 Å². The van der Waals surface area contributed by atoms with Crippen LogP contribution in [0.5, 0.6) is 0 Å². The Bertz CT molecular complexity index is 1190. The molecule has 3 heteroatoms. The molecule has 0 aliphatic carbocycles. The molecule has 0 aliphatic heterocycles. The summed E-state index contributed by atoms with van der Waals surface area (Å²) in [6.45, 7) is 2.25. The van der Waals surface area contributed by atoms with E-state index in [4.69, 9.17) is 9.16 Å². The van der Waals surface area contributed by atoms with Crippen LogP contribution in [0.25, 0.3) is 5.76 Å². The summed E-state index contributed by atoms with van der Waals surface area (Å²) in [5.74, 6) is 0.929. The molecule has 194 valence electrons. The molecule has 0 aliphatic rings. The molecule has 0 atom stereocenters. The third-order valence-corrected chi connectivity index (χ3v) is 10.8. The molecule has 0 saturated carbocycles. The highest BCUT2D eigenvalue weighted by molar-refractivity contribution is 7.07. The molecule has 0 bridgehead atoms.